The third-order valence-electron chi connectivity index (χ3n) is 4.11. The van der Waals surface area contributed by atoms with Crippen LogP contribution in [0.5, 0.6) is 11.5 Å². The van der Waals surface area contributed by atoms with E-state index < -0.39 is 0 Å². The Balaban J connectivity index is 1.71. The zero-order chi connectivity index (χ0) is 20.8. The summed E-state index contributed by atoms with van der Waals surface area (Å²) in [5.74, 6) is 1.07. The van der Waals surface area contributed by atoms with E-state index in [2.05, 4.69) is 16.5 Å². The molecule has 0 aliphatic heterocycles. The Bertz CT molecular complexity index is 1050. The van der Waals surface area contributed by atoms with Gasteiger partial charge >= 0.3 is 0 Å². The Morgan fingerprint density at radius 1 is 1.10 bits per heavy atom. The van der Waals surface area contributed by atoms with E-state index in [4.69, 9.17) is 14.7 Å². The number of aryl methyl sites for hydroxylation is 2. The highest BCUT2D eigenvalue weighted by Crippen LogP contribution is 2.28. The summed E-state index contributed by atoms with van der Waals surface area (Å²) in [4.78, 5) is 12.5. The first-order valence-corrected chi connectivity index (χ1v) is 9.23. The van der Waals surface area contributed by atoms with E-state index in [0.717, 1.165) is 16.9 Å². The van der Waals surface area contributed by atoms with Crippen LogP contribution in [0.3, 0.4) is 0 Å². The fourth-order valence-corrected chi connectivity index (χ4v) is 2.76. The average Bonchev–Trinajstić information content (AvgIpc) is 3.07. The molecule has 0 fully saturated rings. The van der Waals surface area contributed by atoms with Crippen LogP contribution in [-0.4, -0.2) is 28.9 Å². The SMILES string of the molecule is CCOc1cc(C#N)ccc1OCC(=O)Nc1cc(C)nn1-c1ccc(C)cc1. The van der Waals surface area contributed by atoms with E-state index in [1.54, 1.807) is 28.9 Å². The molecule has 7 nitrogen and oxygen atoms in total. The predicted octanol–water partition coefficient (Wildman–Crippen LogP) is 3.78. The van der Waals surface area contributed by atoms with E-state index in [9.17, 15) is 4.79 Å². The zero-order valence-corrected chi connectivity index (χ0v) is 16.6. The highest BCUT2D eigenvalue weighted by Gasteiger charge is 2.13. The van der Waals surface area contributed by atoms with Crippen LogP contribution in [0, 0.1) is 25.2 Å². The lowest BCUT2D eigenvalue weighted by Gasteiger charge is -2.13. The fourth-order valence-electron chi connectivity index (χ4n) is 2.76. The molecule has 0 bridgehead atoms. The number of nitrogens with one attached hydrogen (secondary N) is 1. The van der Waals surface area contributed by atoms with Crippen molar-refractivity contribution >= 4 is 11.7 Å². The molecular weight excluding hydrogens is 368 g/mol. The van der Waals surface area contributed by atoms with E-state index in [-0.39, 0.29) is 12.5 Å². The molecular formula is C22H22N4O3. The Hall–Kier alpha value is -3.79. The lowest BCUT2D eigenvalue weighted by atomic mass is 10.2. The van der Waals surface area contributed by atoms with Gasteiger partial charge in [-0.2, -0.15) is 10.4 Å². The zero-order valence-electron chi connectivity index (χ0n) is 16.6. The van der Waals surface area contributed by atoms with E-state index in [1.165, 1.54) is 0 Å². The number of anilines is 1. The van der Waals surface area contributed by atoms with Crippen molar-refractivity contribution < 1.29 is 14.3 Å². The second kappa shape index (κ2) is 8.93. The number of carbonyl (C=O) groups is 1. The summed E-state index contributed by atoms with van der Waals surface area (Å²) >= 11 is 0. The molecule has 29 heavy (non-hydrogen) atoms. The number of hydrogen-bond acceptors (Lipinski definition) is 5. The summed E-state index contributed by atoms with van der Waals surface area (Å²) in [7, 11) is 0. The molecule has 0 aliphatic rings. The summed E-state index contributed by atoms with van der Waals surface area (Å²) in [6, 6.07) is 16.5. The highest BCUT2D eigenvalue weighted by atomic mass is 16.5. The lowest BCUT2D eigenvalue weighted by molar-refractivity contribution is -0.118. The molecule has 0 saturated heterocycles. The van der Waals surface area contributed by atoms with Gasteiger partial charge in [0.1, 0.15) is 5.82 Å². The molecule has 0 radical (unpaired) electrons. The van der Waals surface area contributed by atoms with Crippen LogP contribution in [0.15, 0.2) is 48.5 Å². The first-order valence-electron chi connectivity index (χ1n) is 9.23. The second-order valence-corrected chi connectivity index (χ2v) is 6.46. The molecule has 2 aromatic carbocycles. The molecule has 0 aliphatic carbocycles. The molecule has 7 heteroatoms. The van der Waals surface area contributed by atoms with Crippen LogP contribution in [0.1, 0.15) is 23.7 Å². The monoisotopic (exact) mass is 390 g/mol. The maximum absolute atomic E-state index is 12.5. The minimum Gasteiger partial charge on any atom is -0.490 e. The number of nitrogens with zero attached hydrogens (tertiary/aromatic N) is 3. The molecule has 148 valence electrons. The van der Waals surface area contributed by atoms with E-state index in [0.29, 0.717) is 29.5 Å². The molecule has 0 spiro atoms. The van der Waals surface area contributed by atoms with Gasteiger partial charge in [-0.1, -0.05) is 17.7 Å². The van der Waals surface area contributed by atoms with Gasteiger partial charge in [0.2, 0.25) is 0 Å². The number of ether oxygens (including phenoxy) is 2. The van der Waals surface area contributed by atoms with Crippen molar-refractivity contribution in [1.82, 2.24) is 9.78 Å². The van der Waals surface area contributed by atoms with Gasteiger partial charge in [-0.15, -0.1) is 0 Å². The fraction of sp³-hybridized carbons (Fsp3) is 0.227. The maximum Gasteiger partial charge on any atom is 0.263 e. The van der Waals surface area contributed by atoms with Crippen molar-refractivity contribution in [1.29, 1.82) is 5.26 Å². The summed E-state index contributed by atoms with van der Waals surface area (Å²) < 4.78 is 12.8. The summed E-state index contributed by atoms with van der Waals surface area (Å²) in [5.41, 5.74) is 3.24. The van der Waals surface area contributed by atoms with Gasteiger partial charge < -0.3 is 14.8 Å². The summed E-state index contributed by atoms with van der Waals surface area (Å²) in [5, 5.41) is 16.3. The van der Waals surface area contributed by atoms with Crippen molar-refractivity contribution in [3.8, 4) is 23.3 Å². The molecule has 3 rings (SSSR count). The van der Waals surface area contributed by atoms with E-state index >= 15 is 0 Å². The van der Waals surface area contributed by atoms with Gasteiger partial charge in [-0.25, -0.2) is 4.68 Å². The van der Waals surface area contributed by atoms with Crippen LogP contribution < -0.4 is 14.8 Å². The number of benzene rings is 2. The first-order chi connectivity index (χ1) is 14.0. The van der Waals surface area contributed by atoms with Crippen LogP contribution in [0.25, 0.3) is 5.69 Å². The Labute approximate surface area is 169 Å². The van der Waals surface area contributed by atoms with Gasteiger partial charge in [0, 0.05) is 12.1 Å². The topological polar surface area (TPSA) is 89.2 Å². The van der Waals surface area contributed by atoms with Gasteiger partial charge in [0.25, 0.3) is 5.91 Å². The van der Waals surface area contributed by atoms with Gasteiger partial charge in [-0.05, 0) is 45.0 Å². The molecule has 1 amide bonds. The molecule has 1 aromatic heterocycles. The van der Waals surface area contributed by atoms with E-state index in [1.807, 2.05) is 45.0 Å². The van der Waals surface area contributed by atoms with Crippen LogP contribution in [-0.2, 0) is 4.79 Å². The number of carbonyl (C=O) groups excluding carboxylic acids is 1. The smallest absolute Gasteiger partial charge is 0.263 e. The Morgan fingerprint density at radius 2 is 1.86 bits per heavy atom. The highest BCUT2D eigenvalue weighted by molar-refractivity contribution is 5.91. The van der Waals surface area contributed by atoms with Gasteiger partial charge in [0.05, 0.1) is 29.6 Å². The third-order valence-corrected chi connectivity index (χ3v) is 4.11. The van der Waals surface area contributed by atoms with Crippen LogP contribution >= 0.6 is 0 Å². The van der Waals surface area contributed by atoms with Crippen LogP contribution in [0.2, 0.25) is 0 Å². The molecule has 1 heterocycles. The molecule has 0 saturated carbocycles. The average molecular weight is 390 g/mol. The maximum atomic E-state index is 12.5. The number of amides is 1. The van der Waals surface area contributed by atoms with Crippen molar-refractivity contribution in [2.45, 2.75) is 20.8 Å². The molecule has 0 unspecified atom stereocenters. The third kappa shape index (κ3) is 4.93. The van der Waals surface area contributed by atoms with Crippen LogP contribution in [0.4, 0.5) is 5.82 Å². The quantitative estimate of drug-likeness (QED) is 0.663. The summed E-state index contributed by atoms with van der Waals surface area (Å²) in [6.07, 6.45) is 0. The standard InChI is InChI=1S/C22H22N4O3/c1-4-28-20-12-17(13-23)7-10-19(20)29-14-22(27)24-21-11-16(3)25-26(21)18-8-5-15(2)6-9-18/h5-12H,4,14H2,1-3H3,(H,24,27). The first kappa shape index (κ1) is 20.0. The predicted molar refractivity (Wildman–Crippen MR) is 109 cm³/mol. The number of rotatable bonds is 7. The summed E-state index contributed by atoms with van der Waals surface area (Å²) in [6.45, 7) is 5.93. The lowest BCUT2D eigenvalue weighted by Crippen LogP contribution is -2.22. The largest absolute Gasteiger partial charge is 0.490 e. The molecule has 3 aromatic rings. The van der Waals surface area contributed by atoms with Gasteiger partial charge in [-0.3, -0.25) is 4.79 Å². The number of hydrogen-bond donors (Lipinski definition) is 1. The normalized spacial score (nSPS) is 10.3. The Kier molecular flexibility index (Phi) is 6.15. The van der Waals surface area contributed by atoms with Crippen molar-refractivity contribution in [2.24, 2.45) is 0 Å². The van der Waals surface area contributed by atoms with Crippen molar-refractivity contribution in [3.05, 3.63) is 65.4 Å². The molecule has 1 N–H and O–H groups in total. The van der Waals surface area contributed by atoms with Crippen molar-refractivity contribution in [2.75, 3.05) is 18.5 Å². The number of aromatic nitrogens is 2. The second-order valence-electron chi connectivity index (χ2n) is 6.46. The minimum absolute atomic E-state index is 0.204. The molecule has 0 atom stereocenters. The van der Waals surface area contributed by atoms with Gasteiger partial charge in [0.15, 0.2) is 18.1 Å². The Morgan fingerprint density at radius 3 is 2.55 bits per heavy atom. The van der Waals surface area contributed by atoms with Crippen molar-refractivity contribution in [3.63, 3.8) is 0 Å². The minimum atomic E-state index is -0.329. The number of nitriles is 1.